The molecule has 3 rings (SSSR count). The zero-order valence-corrected chi connectivity index (χ0v) is 16.7. The number of carbonyl (C=O) groups excluding carboxylic acids is 1. The molecule has 0 radical (unpaired) electrons. The zero-order valence-electron chi connectivity index (χ0n) is 15.9. The largest absolute Gasteiger partial charge is 0.489 e. The number of amides is 1. The first-order valence-corrected chi connectivity index (χ1v) is 9.93. The summed E-state index contributed by atoms with van der Waals surface area (Å²) in [4.78, 5) is 18.2. The molecule has 0 N–H and O–H groups in total. The molecule has 0 fully saturated rings. The maximum absolute atomic E-state index is 14.6. The van der Waals surface area contributed by atoms with Crippen LogP contribution in [0.25, 0.3) is 10.6 Å². The van der Waals surface area contributed by atoms with E-state index in [0.29, 0.717) is 18.1 Å². The molecule has 0 unspecified atom stereocenters. The van der Waals surface area contributed by atoms with Crippen LogP contribution in [0.5, 0.6) is 5.75 Å². The molecule has 0 bridgehead atoms. The smallest absolute Gasteiger partial charge is 0.273 e. The summed E-state index contributed by atoms with van der Waals surface area (Å²) >= 11 is 1.16. The molecular formula is C21H19F3N2O2S. The highest BCUT2D eigenvalue weighted by Crippen LogP contribution is 2.29. The lowest BCUT2D eigenvalue weighted by molar-refractivity contribution is 0.0768. The van der Waals surface area contributed by atoms with Crippen molar-refractivity contribution in [3.63, 3.8) is 0 Å². The van der Waals surface area contributed by atoms with Crippen molar-refractivity contribution in [3.8, 4) is 16.3 Å². The van der Waals surface area contributed by atoms with Crippen LogP contribution in [0, 0.1) is 17.5 Å². The number of thiazole rings is 1. The minimum atomic E-state index is -0.727. The van der Waals surface area contributed by atoms with Gasteiger partial charge >= 0.3 is 0 Å². The molecule has 1 heterocycles. The zero-order chi connectivity index (χ0) is 21.0. The number of carbonyl (C=O) groups is 1. The predicted octanol–water partition coefficient (Wildman–Crippen LogP) is 5.29. The van der Waals surface area contributed by atoms with Crippen molar-refractivity contribution in [1.82, 2.24) is 9.88 Å². The fourth-order valence-corrected chi connectivity index (χ4v) is 3.57. The summed E-state index contributed by atoms with van der Waals surface area (Å²) in [6, 6.07) is 7.60. The second-order valence-electron chi connectivity index (χ2n) is 6.15. The fourth-order valence-electron chi connectivity index (χ4n) is 2.75. The van der Waals surface area contributed by atoms with Gasteiger partial charge in [-0.15, -0.1) is 11.3 Å². The second kappa shape index (κ2) is 9.09. The molecule has 1 aromatic heterocycles. The van der Waals surface area contributed by atoms with Crippen LogP contribution in [-0.2, 0) is 6.61 Å². The summed E-state index contributed by atoms with van der Waals surface area (Å²) < 4.78 is 47.2. The van der Waals surface area contributed by atoms with Gasteiger partial charge in [0.1, 0.15) is 40.5 Å². The lowest BCUT2D eigenvalue weighted by Crippen LogP contribution is -2.30. The van der Waals surface area contributed by atoms with E-state index in [9.17, 15) is 18.0 Å². The number of ether oxygens (including phenoxy) is 1. The molecule has 1 amide bonds. The summed E-state index contributed by atoms with van der Waals surface area (Å²) in [6.45, 7) is 4.51. The van der Waals surface area contributed by atoms with Crippen LogP contribution in [0.2, 0.25) is 0 Å². The minimum absolute atomic E-state index is 0.130. The standard InChI is InChI=1S/C21H19F3N2O2S/c1-3-26(4-2)21(27)19-12-29-20(25-19)14-9-8-13(10-18(14)24)28-11-15-16(22)6-5-7-17(15)23/h5-10,12H,3-4,11H2,1-2H3. The highest BCUT2D eigenvalue weighted by Gasteiger charge is 2.18. The van der Waals surface area contributed by atoms with Crippen molar-refractivity contribution in [3.05, 3.63) is 70.5 Å². The van der Waals surface area contributed by atoms with Crippen molar-refractivity contribution in [2.75, 3.05) is 13.1 Å². The van der Waals surface area contributed by atoms with E-state index < -0.39 is 17.5 Å². The molecule has 4 nitrogen and oxygen atoms in total. The summed E-state index contributed by atoms with van der Waals surface area (Å²) in [7, 11) is 0. The molecule has 3 aromatic rings. The Labute approximate surface area is 170 Å². The number of hydrogen-bond acceptors (Lipinski definition) is 4. The van der Waals surface area contributed by atoms with Crippen LogP contribution in [0.1, 0.15) is 29.9 Å². The molecule has 2 aromatic carbocycles. The van der Waals surface area contributed by atoms with Crippen molar-refractivity contribution in [1.29, 1.82) is 0 Å². The first-order chi connectivity index (χ1) is 13.9. The third kappa shape index (κ3) is 4.59. The van der Waals surface area contributed by atoms with E-state index in [0.717, 1.165) is 29.5 Å². The first-order valence-electron chi connectivity index (χ1n) is 9.05. The maximum Gasteiger partial charge on any atom is 0.273 e. The van der Waals surface area contributed by atoms with Crippen LogP contribution < -0.4 is 4.74 Å². The molecule has 0 saturated carbocycles. The van der Waals surface area contributed by atoms with Crippen molar-refractivity contribution in [2.45, 2.75) is 20.5 Å². The monoisotopic (exact) mass is 420 g/mol. The Bertz CT molecular complexity index is 999. The third-order valence-corrected chi connectivity index (χ3v) is 5.27. The number of hydrogen-bond donors (Lipinski definition) is 0. The maximum atomic E-state index is 14.6. The van der Waals surface area contributed by atoms with Gasteiger partial charge in [0.15, 0.2) is 0 Å². The highest BCUT2D eigenvalue weighted by atomic mass is 32.1. The molecule has 152 valence electrons. The van der Waals surface area contributed by atoms with Gasteiger partial charge in [-0.2, -0.15) is 0 Å². The SMILES string of the molecule is CCN(CC)C(=O)c1csc(-c2ccc(OCc3c(F)cccc3F)cc2F)n1. The average molecular weight is 420 g/mol. The van der Waals surface area contributed by atoms with Gasteiger partial charge in [0.2, 0.25) is 0 Å². The Morgan fingerprint density at radius 2 is 1.76 bits per heavy atom. The van der Waals surface area contributed by atoms with Gasteiger partial charge < -0.3 is 9.64 Å². The van der Waals surface area contributed by atoms with Crippen LogP contribution in [0.15, 0.2) is 41.8 Å². The van der Waals surface area contributed by atoms with Crippen molar-refractivity contribution < 1.29 is 22.7 Å². The van der Waals surface area contributed by atoms with E-state index in [1.165, 1.54) is 18.2 Å². The second-order valence-corrected chi connectivity index (χ2v) is 7.00. The van der Waals surface area contributed by atoms with Gasteiger partial charge in [-0.05, 0) is 38.1 Å². The Kier molecular flexibility index (Phi) is 6.53. The lowest BCUT2D eigenvalue weighted by Gasteiger charge is -2.16. The molecule has 0 atom stereocenters. The fraction of sp³-hybridized carbons (Fsp3) is 0.238. The quantitative estimate of drug-likeness (QED) is 0.522. The van der Waals surface area contributed by atoms with Crippen LogP contribution in [-0.4, -0.2) is 28.9 Å². The number of benzene rings is 2. The number of rotatable bonds is 7. The van der Waals surface area contributed by atoms with Gasteiger partial charge in [0.25, 0.3) is 5.91 Å². The predicted molar refractivity (Wildman–Crippen MR) is 105 cm³/mol. The van der Waals surface area contributed by atoms with Gasteiger partial charge in [0.05, 0.1) is 5.56 Å². The van der Waals surface area contributed by atoms with Gasteiger partial charge in [0, 0.05) is 30.1 Å². The van der Waals surface area contributed by atoms with E-state index in [4.69, 9.17) is 4.74 Å². The summed E-state index contributed by atoms with van der Waals surface area (Å²) in [5.41, 5.74) is 0.262. The van der Waals surface area contributed by atoms with Crippen molar-refractivity contribution in [2.24, 2.45) is 0 Å². The summed E-state index contributed by atoms with van der Waals surface area (Å²) in [5, 5.41) is 1.96. The number of aromatic nitrogens is 1. The van der Waals surface area contributed by atoms with Crippen LogP contribution >= 0.6 is 11.3 Å². The van der Waals surface area contributed by atoms with Crippen LogP contribution in [0.3, 0.4) is 0 Å². The number of nitrogens with zero attached hydrogens (tertiary/aromatic N) is 2. The minimum Gasteiger partial charge on any atom is -0.489 e. The topological polar surface area (TPSA) is 42.4 Å². The average Bonchev–Trinajstić information content (AvgIpc) is 3.18. The third-order valence-electron chi connectivity index (χ3n) is 4.39. The molecule has 29 heavy (non-hydrogen) atoms. The molecule has 0 saturated heterocycles. The van der Waals surface area contributed by atoms with E-state index in [-0.39, 0.29) is 35.1 Å². The highest BCUT2D eigenvalue weighted by molar-refractivity contribution is 7.13. The number of halogens is 3. The molecule has 0 aliphatic rings. The van der Waals surface area contributed by atoms with E-state index >= 15 is 0 Å². The first kappa shape index (κ1) is 20.9. The van der Waals surface area contributed by atoms with E-state index in [1.807, 2.05) is 13.8 Å². The van der Waals surface area contributed by atoms with Gasteiger partial charge in [-0.25, -0.2) is 18.2 Å². The normalized spacial score (nSPS) is 10.8. The Morgan fingerprint density at radius 1 is 1.07 bits per heavy atom. The Hall–Kier alpha value is -2.87. The molecular weight excluding hydrogens is 401 g/mol. The molecule has 0 spiro atoms. The van der Waals surface area contributed by atoms with E-state index in [2.05, 4.69) is 4.98 Å². The van der Waals surface area contributed by atoms with Crippen molar-refractivity contribution >= 4 is 17.2 Å². The Balaban J connectivity index is 1.76. The van der Waals surface area contributed by atoms with Crippen LogP contribution in [0.4, 0.5) is 13.2 Å². The molecule has 0 aliphatic carbocycles. The summed E-state index contributed by atoms with van der Waals surface area (Å²) in [5.74, 6) is -2.13. The van der Waals surface area contributed by atoms with Gasteiger partial charge in [-0.1, -0.05) is 6.07 Å². The molecule has 0 aliphatic heterocycles. The van der Waals surface area contributed by atoms with E-state index in [1.54, 1.807) is 10.3 Å². The molecule has 8 heteroatoms. The summed E-state index contributed by atoms with van der Waals surface area (Å²) in [6.07, 6.45) is 0. The lowest BCUT2D eigenvalue weighted by atomic mass is 10.2. The van der Waals surface area contributed by atoms with Gasteiger partial charge in [-0.3, -0.25) is 4.79 Å². The Morgan fingerprint density at radius 3 is 2.38 bits per heavy atom.